The maximum absolute atomic E-state index is 14.0. The quantitative estimate of drug-likeness (QED) is 0.855. The van der Waals surface area contributed by atoms with Gasteiger partial charge in [-0.05, 0) is 30.9 Å². The molecule has 1 aliphatic carbocycles. The van der Waals surface area contributed by atoms with Crippen molar-refractivity contribution < 1.29 is 13.9 Å². The molecule has 2 rings (SSSR count). The van der Waals surface area contributed by atoms with Crippen molar-refractivity contribution in [2.45, 2.75) is 38.1 Å². The largest absolute Gasteiger partial charge is 0.497 e. The molecule has 2 N–H and O–H groups in total. The van der Waals surface area contributed by atoms with E-state index in [-0.39, 0.29) is 11.3 Å². The lowest BCUT2D eigenvalue weighted by Gasteiger charge is -2.35. The van der Waals surface area contributed by atoms with Crippen LogP contribution in [0.25, 0.3) is 0 Å². The van der Waals surface area contributed by atoms with E-state index in [1.807, 2.05) is 0 Å². The summed E-state index contributed by atoms with van der Waals surface area (Å²) in [6.45, 7) is 2.08. The summed E-state index contributed by atoms with van der Waals surface area (Å²) < 4.78 is 18.9. The fourth-order valence-corrected chi connectivity index (χ4v) is 2.87. The van der Waals surface area contributed by atoms with Crippen molar-refractivity contribution in [1.29, 1.82) is 0 Å². The van der Waals surface area contributed by atoms with Gasteiger partial charge in [-0.1, -0.05) is 19.8 Å². The summed E-state index contributed by atoms with van der Waals surface area (Å²) in [5.41, 5.74) is 5.36. The lowest BCUT2D eigenvalue weighted by atomic mass is 9.73. The molecule has 0 bridgehead atoms. The molecule has 1 aliphatic rings. The molecule has 0 saturated heterocycles. The molecule has 2 atom stereocenters. The van der Waals surface area contributed by atoms with Crippen molar-refractivity contribution in [2.24, 2.45) is 11.7 Å². The van der Waals surface area contributed by atoms with Crippen molar-refractivity contribution in [3.63, 3.8) is 0 Å². The molecule has 0 radical (unpaired) electrons. The lowest BCUT2D eigenvalue weighted by molar-refractivity contribution is 0.0815. The Bertz CT molecular complexity index is 489. The SMILES string of the molecule is COc1ccc(C(=O)C2(N)CCCC(C)C2)c(F)c1. The van der Waals surface area contributed by atoms with E-state index in [2.05, 4.69) is 6.92 Å². The van der Waals surface area contributed by atoms with Crippen LogP contribution < -0.4 is 10.5 Å². The van der Waals surface area contributed by atoms with Crippen LogP contribution in [-0.4, -0.2) is 18.4 Å². The van der Waals surface area contributed by atoms with Gasteiger partial charge < -0.3 is 10.5 Å². The van der Waals surface area contributed by atoms with Gasteiger partial charge in [-0.2, -0.15) is 0 Å². The summed E-state index contributed by atoms with van der Waals surface area (Å²) in [5.74, 6) is -0.0484. The van der Waals surface area contributed by atoms with E-state index in [4.69, 9.17) is 10.5 Å². The van der Waals surface area contributed by atoms with Crippen LogP contribution in [0.15, 0.2) is 18.2 Å². The predicted molar refractivity (Wildman–Crippen MR) is 71.8 cm³/mol. The molecule has 19 heavy (non-hydrogen) atoms. The first-order valence-corrected chi connectivity index (χ1v) is 6.63. The Morgan fingerprint density at radius 2 is 2.26 bits per heavy atom. The highest BCUT2D eigenvalue weighted by atomic mass is 19.1. The second kappa shape index (κ2) is 5.29. The molecule has 1 saturated carbocycles. The van der Waals surface area contributed by atoms with Crippen molar-refractivity contribution >= 4 is 5.78 Å². The molecule has 3 nitrogen and oxygen atoms in total. The zero-order chi connectivity index (χ0) is 14.0. The smallest absolute Gasteiger partial charge is 0.185 e. The molecule has 1 aromatic carbocycles. The van der Waals surface area contributed by atoms with Crippen LogP contribution in [0.3, 0.4) is 0 Å². The van der Waals surface area contributed by atoms with Gasteiger partial charge in [0.05, 0.1) is 18.2 Å². The van der Waals surface area contributed by atoms with Crippen LogP contribution >= 0.6 is 0 Å². The summed E-state index contributed by atoms with van der Waals surface area (Å²) in [7, 11) is 1.46. The van der Waals surface area contributed by atoms with Gasteiger partial charge in [0.15, 0.2) is 5.78 Å². The number of carbonyl (C=O) groups is 1. The van der Waals surface area contributed by atoms with Gasteiger partial charge in [-0.25, -0.2) is 4.39 Å². The molecule has 1 aromatic rings. The molecule has 1 fully saturated rings. The molecule has 0 amide bonds. The number of carbonyl (C=O) groups excluding carboxylic acids is 1. The Labute approximate surface area is 112 Å². The highest BCUT2D eigenvalue weighted by Crippen LogP contribution is 2.33. The van der Waals surface area contributed by atoms with Crippen molar-refractivity contribution in [2.75, 3.05) is 7.11 Å². The van der Waals surface area contributed by atoms with Crippen molar-refractivity contribution in [3.8, 4) is 5.75 Å². The minimum atomic E-state index is -0.924. The summed E-state index contributed by atoms with van der Waals surface area (Å²) in [4.78, 5) is 12.5. The average molecular weight is 265 g/mol. The van der Waals surface area contributed by atoms with Crippen LogP contribution in [0.5, 0.6) is 5.75 Å². The van der Waals surface area contributed by atoms with Gasteiger partial charge in [-0.3, -0.25) is 4.79 Å². The van der Waals surface area contributed by atoms with Gasteiger partial charge in [0, 0.05) is 6.07 Å². The number of ether oxygens (including phenoxy) is 1. The Balaban J connectivity index is 2.28. The summed E-state index contributed by atoms with van der Waals surface area (Å²) in [5, 5.41) is 0. The third-order valence-electron chi connectivity index (χ3n) is 3.91. The Morgan fingerprint density at radius 1 is 1.53 bits per heavy atom. The highest BCUT2D eigenvalue weighted by Gasteiger charge is 2.39. The minimum absolute atomic E-state index is 0.0670. The number of benzene rings is 1. The molecule has 0 spiro atoms. The number of rotatable bonds is 3. The maximum Gasteiger partial charge on any atom is 0.185 e. The van der Waals surface area contributed by atoms with E-state index in [0.29, 0.717) is 24.5 Å². The first-order chi connectivity index (χ1) is 8.96. The third kappa shape index (κ3) is 2.78. The van der Waals surface area contributed by atoms with Gasteiger partial charge in [0.25, 0.3) is 0 Å². The Hall–Kier alpha value is -1.42. The van der Waals surface area contributed by atoms with Crippen molar-refractivity contribution in [1.82, 2.24) is 0 Å². The zero-order valence-electron chi connectivity index (χ0n) is 11.4. The number of hydrogen-bond acceptors (Lipinski definition) is 3. The molecular weight excluding hydrogens is 245 g/mol. The number of nitrogens with two attached hydrogens (primary N) is 1. The van der Waals surface area contributed by atoms with Crippen LogP contribution in [0.1, 0.15) is 43.0 Å². The summed E-state index contributed by atoms with van der Waals surface area (Å²) >= 11 is 0. The molecule has 2 unspecified atom stereocenters. The van der Waals surface area contributed by atoms with Gasteiger partial charge in [0.2, 0.25) is 0 Å². The van der Waals surface area contributed by atoms with Crippen LogP contribution in [0.2, 0.25) is 0 Å². The maximum atomic E-state index is 14.0. The van der Waals surface area contributed by atoms with Gasteiger partial charge in [0.1, 0.15) is 11.6 Å². The second-order valence-corrected chi connectivity index (χ2v) is 5.53. The van der Waals surface area contributed by atoms with E-state index in [0.717, 1.165) is 12.8 Å². The third-order valence-corrected chi connectivity index (χ3v) is 3.91. The average Bonchev–Trinajstić information content (AvgIpc) is 2.37. The first kappa shape index (κ1) is 14.0. The lowest BCUT2D eigenvalue weighted by Crippen LogP contribution is -2.51. The Morgan fingerprint density at radius 3 is 2.84 bits per heavy atom. The fourth-order valence-electron chi connectivity index (χ4n) is 2.87. The second-order valence-electron chi connectivity index (χ2n) is 5.53. The van der Waals surface area contributed by atoms with Crippen LogP contribution in [0, 0.1) is 11.7 Å². The normalized spacial score (nSPS) is 27.1. The standard InChI is InChI=1S/C15H20FNO2/c1-10-4-3-7-15(17,9-10)14(18)12-6-5-11(19-2)8-13(12)16/h5-6,8,10H,3-4,7,9,17H2,1-2H3. The highest BCUT2D eigenvalue weighted by molar-refractivity contribution is 6.03. The van der Waals surface area contributed by atoms with Crippen molar-refractivity contribution in [3.05, 3.63) is 29.6 Å². The first-order valence-electron chi connectivity index (χ1n) is 6.63. The summed E-state index contributed by atoms with van der Waals surface area (Å²) in [6, 6.07) is 4.28. The van der Waals surface area contributed by atoms with Gasteiger partial charge in [-0.15, -0.1) is 0 Å². The number of halogens is 1. The molecule has 4 heteroatoms. The molecule has 0 heterocycles. The minimum Gasteiger partial charge on any atom is -0.497 e. The van der Waals surface area contributed by atoms with E-state index >= 15 is 0 Å². The topological polar surface area (TPSA) is 52.3 Å². The fraction of sp³-hybridized carbons (Fsp3) is 0.533. The monoisotopic (exact) mass is 265 g/mol. The summed E-state index contributed by atoms with van der Waals surface area (Å²) in [6.07, 6.45) is 3.25. The zero-order valence-corrected chi connectivity index (χ0v) is 11.4. The number of hydrogen-bond donors (Lipinski definition) is 1. The molecule has 0 aromatic heterocycles. The van der Waals surface area contributed by atoms with Gasteiger partial charge >= 0.3 is 0 Å². The Kier molecular flexibility index (Phi) is 3.90. The number of methoxy groups -OCH3 is 1. The predicted octanol–water partition coefficient (Wildman–Crippen LogP) is 2.92. The van der Waals surface area contributed by atoms with E-state index in [1.165, 1.54) is 19.2 Å². The van der Waals surface area contributed by atoms with E-state index in [9.17, 15) is 9.18 Å². The van der Waals surface area contributed by atoms with Crippen LogP contribution in [-0.2, 0) is 0 Å². The molecule has 104 valence electrons. The molecule has 0 aliphatic heterocycles. The number of ketones is 1. The molecular formula is C15H20FNO2. The van der Waals surface area contributed by atoms with E-state index < -0.39 is 11.4 Å². The van der Waals surface area contributed by atoms with E-state index in [1.54, 1.807) is 6.07 Å². The van der Waals surface area contributed by atoms with Crippen LogP contribution in [0.4, 0.5) is 4.39 Å². The number of Topliss-reactive ketones (excluding diaryl/α,β-unsaturated/α-hetero) is 1.